The second-order valence-corrected chi connectivity index (χ2v) is 4.68. The number of hydrogen-bond donors (Lipinski definition) is 1. The molecule has 0 fully saturated rings. The number of rotatable bonds is 0. The summed E-state index contributed by atoms with van der Waals surface area (Å²) in [5, 5.41) is 0.811. The zero-order valence-electron chi connectivity index (χ0n) is 7.19. The molecule has 0 aromatic heterocycles. The summed E-state index contributed by atoms with van der Waals surface area (Å²) in [4.78, 5) is 0. The van der Waals surface area contributed by atoms with Crippen molar-refractivity contribution in [1.82, 2.24) is 0 Å². The van der Waals surface area contributed by atoms with Gasteiger partial charge in [0, 0.05) is 15.5 Å². The van der Waals surface area contributed by atoms with E-state index in [9.17, 15) is 0 Å². The van der Waals surface area contributed by atoms with Crippen molar-refractivity contribution in [2.75, 3.05) is 0 Å². The van der Waals surface area contributed by atoms with Gasteiger partial charge in [-0.1, -0.05) is 27.5 Å². The number of fused-ring (bicyclic) bond motifs is 1. The third kappa shape index (κ3) is 1.63. The Morgan fingerprint density at radius 2 is 2.23 bits per heavy atom. The lowest BCUT2D eigenvalue weighted by Crippen LogP contribution is -2.18. The van der Waals surface area contributed by atoms with Crippen LogP contribution in [0.4, 0.5) is 0 Å². The first-order valence-electron chi connectivity index (χ1n) is 4.42. The number of benzene rings is 1. The normalized spacial score (nSPS) is 21.3. The van der Waals surface area contributed by atoms with Crippen LogP contribution >= 0.6 is 27.5 Å². The van der Waals surface area contributed by atoms with Crippen LogP contribution in [0.1, 0.15) is 30.0 Å². The molecule has 2 N–H and O–H groups in total. The molecule has 0 aliphatic heterocycles. The summed E-state index contributed by atoms with van der Waals surface area (Å²) in [5.74, 6) is 0. The summed E-state index contributed by atoms with van der Waals surface area (Å²) in [6, 6.07) is 4.03. The van der Waals surface area contributed by atoms with E-state index in [4.69, 9.17) is 17.3 Å². The lowest BCUT2D eigenvalue weighted by Gasteiger charge is -2.24. The van der Waals surface area contributed by atoms with Crippen molar-refractivity contribution in [3.8, 4) is 0 Å². The van der Waals surface area contributed by atoms with Gasteiger partial charge in [-0.05, 0) is 42.5 Å². The minimum Gasteiger partial charge on any atom is -0.324 e. The van der Waals surface area contributed by atoms with E-state index in [1.54, 1.807) is 0 Å². The van der Waals surface area contributed by atoms with Crippen LogP contribution in [0.3, 0.4) is 0 Å². The van der Waals surface area contributed by atoms with Gasteiger partial charge in [0.05, 0.1) is 0 Å². The summed E-state index contributed by atoms with van der Waals surface area (Å²) in [7, 11) is 0. The van der Waals surface area contributed by atoms with Gasteiger partial charge in [-0.2, -0.15) is 0 Å². The molecule has 13 heavy (non-hydrogen) atoms. The van der Waals surface area contributed by atoms with Crippen molar-refractivity contribution in [3.05, 3.63) is 32.8 Å². The highest BCUT2D eigenvalue weighted by atomic mass is 79.9. The van der Waals surface area contributed by atoms with Gasteiger partial charge in [-0.25, -0.2) is 0 Å². The van der Waals surface area contributed by atoms with E-state index in [0.29, 0.717) is 0 Å². The molecule has 70 valence electrons. The lowest BCUT2D eigenvalue weighted by atomic mass is 9.88. The van der Waals surface area contributed by atoms with Gasteiger partial charge in [0.15, 0.2) is 0 Å². The predicted octanol–water partition coefficient (Wildman–Crippen LogP) is 3.44. The lowest BCUT2D eigenvalue weighted by molar-refractivity contribution is 0.569. The van der Waals surface area contributed by atoms with E-state index in [0.717, 1.165) is 34.3 Å². The summed E-state index contributed by atoms with van der Waals surface area (Å²) >= 11 is 9.64. The van der Waals surface area contributed by atoms with E-state index in [1.165, 1.54) is 5.56 Å². The van der Waals surface area contributed by atoms with E-state index in [-0.39, 0.29) is 6.04 Å². The van der Waals surface area contributed by atoms with Crippen LogP contribution in [-0.2, 0) is 6.42 Å². The van der Waals surface area contributed by atoms with Crippen LogP contribution in [-0.4, -0.2) is 0 Å². The first-order valence-corrected chi connectivity index (χ1v) is 5.59. The molecule has 0 saturated carbocycles. The quantitative estimate of drug-likeness (QED) is 0.760. The van der Waals surface area contributed by atoms with Crippen molar-refractivity contribution in [2.24, 2.45) is 5.73 Å². The molecule has 1 aliphatic carbocycles. The largest absolute Gasteiger partial charge is 0.324 e. The first-order chi connectivity index (χ1) is 6.20. The molecule has 3 heteroatoms. The number of halogens is 2. The molecule has 1 atom stereocenters. The highest BCUT2D eigenvalue weighted by Crippen LogP contribution is 2.37. The first kappa shape index (κ1) is 9.50. The van der Waals surface area contributed by atoms with E-state index in [1.807, 2.05) is 12.1 Å². The van der Waals surface area contributed by atoms with Gasteiger partial charge in [0.2, 0.25) is 0 Å². The smallest absolute Gasteiger partial charge is 0.0457 e. The summed E-state index contributed by atoms with van der Waals surface area (Å²) in [5.41, 5.74) is 8.45. The molecule has 1 aromatic rings. The molecule has 0 heterocycles. The maximum absolute atomic E-state index is 6.11. The Morgan fingerprint density at radius 3 is 2.92 bits per heavy atom. The molecule has 0 bridgehead atoms. The minimum absolute atomic E-state index is 0.119. The van der Waals surface area contributed by atoms with Crippen molar-refractivity contribution >= 4 is 27.5 Å². The SMILES string of the molecule is N[C@H]1CCCc2c(Br)ccc(Cl)c21. The third-order valence-corrected chi connectivity index (χ3v) is 3.63. The average Bonchev–Trinajstić information content (AvgIpc) is 2.12. The molecule has 2 rings (SSSR count). The van der Waals surface area contributed by atoms with Gasteiger partial charge in [0.25, 0.3) is 0 Å². The number of nitrogens with two attached hydrogens (primary N) is 1. The highest BCUT2D eigenvalue weighted by molar-refractivity contribution is 9.10. The Balaban J connectivity index is 2.60. The van der Waals surface area contributed by atoms with Crippen LogP contribution in [0.15, 0.2) is 16.6 Å². The fourth-order valence-electron chi connectivity index (χ4n) is 1.91. The van der Waals surface area contributed by atoms with Gasteiger partial charge in [-0.3, -0.25) is 0 Å². The molecule has 0 unspecified atom stereocenters. The van der Waals surface area contributed by atoms with Crippen LogP contribution in [0, 0.1) is 0 Å². The summed E-state index contributed by atoms with van der Waals surface area (Å²) in [6.45, 7) is 0. The highest BCUT2D eigenvalue weighted by Gasteiger charge is 2.21. The second kappa shape index (κ2) is 3.60. The Bertz CT molecular complexity index is 338. The minimum atomic E-state index is 0.119. The standard InChI is InChI=1S/C10H11BrClN/c11-7-4-5-8(12)10-6(7)2-1-3-9(10)13/h4-5,9H,1-3,13H2/t9-/m0/s1. The molecular weight excluding hydrogens is 249 g/mol. The van der Waals surface area contributed by atoms with Crippen molar-refractivity contribution in [1.29, 1.82) is 0 Å². The monoisotopic (exact) mass is 259 g/mol. The maximum Gasteiger partial charge on any atom is 0.0457 e. The van der Waals surface area contributed by atoms with Gasteiger partial charge >= 0.3 is 0 Å². The zero-order chi connectivity index (χ0) is 9.42. The van der Waals surface area contributed by atoms with Crippen LogP contribution in [0.25, 0.3) is 0 Å². The van der Waals surface area contributed by atoms with Gasteiger partial charge < -0.3 is 5.73 Å². The molecule has 0 spiro atoms. The molecule has 0 saturated heterocycles. The Morgan fingerprint density at radius 1 is 1.46 bits per heavy atom. The van der Waals surface area contributed by atoms with Crippen LogP contribution in [0.5, 0.6) is 0 Å². The molecule has 1 nitrogen and oxygen atoms in total. The Kier molecular flexibility index (Phi) is 2.63. The van der Waals surface area contributed by atoms with E-state index >= 15 is 0 Å². The fraction of sp³-hybridized carbons (Fsp3) is 0.400. The van der Waals surface area contributed by atoms with E-state index in [2.05, 4.69) is 15.9 Å². The molecule has 1 aliphatic rings. The van der Waals surface area contributed by atoms with Gasteiger partial charge in [0.1, 0.15) is 0 Å². The molecule has 0 amide bonds. The van der Waals surface area contributed by atoms with Crippen molar-refractivity contribution < 1.29 is 0 Å². The maximum atomic E-state index is 6.11. The predicted molar refractivity (Wildman–Crippen MR) is 59.0 cm³/mol. The van der Waals surface area contributed by atoms with Crippen LogP contribution < -0.4 is 5.73 Å². The van der Waals surface area contributed by atoms with Crippen molar-refractivity contribution in [2.45, 2.75) is 25.3 Å². The molecular formula is C10H11BrClN. The second-order valence-electron chi connectivity index (χ2n) is 3.42. The Hall–Kier alpha value is -0.0500. The Labute approximate surface area is 91.4 Å². The molecule has 1 aromatic carbocycles. The summed E-state index contributed by atoms with van der Waals surface area (Å²) in [6.07, 6.45) is 3.29. The topological polar surface area (TPSA) is 26.0 Å². The fourth-order valence-corrected chi connectivity index (χ4v) is 2.77. The van der Waals surface area contributed by atoms with Gasteiger partial charge in [-0.15, -0.1) is 0 Å². The number of hydrogen-bond acceptors (Lipinski definition) is 1. The van der Waals surface area contributed by atoms with E-state index < -0.39 is 0 Å². The third-order valence-electron chi connectivity index (χ3n) is 2.56. The average molecular weight is 261 g/mol. The molecule has 0 radical (unpaired) electrons. The summed E-state index contributed by atoms with van der Waals surface area (Å²) < 4.78 is 1.14. The van der Waals surface area contributed by atoms with Crippen molar-refractivity contribution in [3.63, 3.8) is 0 Å². The van der Waals surface area contributed by atoms with Crippen LogP contribution in [0.2, 0.25) is 5.02 Å². The zero-order valence-corrected chi connectivity index (χ0v) is 9.53.